The molecule has 0 unspecified atom stereocenters. The van der Waals surface area contributed by atoms with Gasteiger partial charge in [0.05, 0.1) is 9.82 Å². The van der Waals surface area contributed by atoms with Gasteiger partial charge in [-0.1, -0.05) is 29.8 Å². The van der Waals surface area contributed by atoms with Crippen molar-refractivity contribution in [2.75, 3.05) is 26.2 Å². The molecule has 0 saturated carbocycles. The maximum Gasteiger partial charge on any atom is 0.270 e. The Kier molecular flexibility index (Phi) is 6.11. The maximum atomic E-state index is 12.9. The van der Waals surface area contributed by atoms with E-state index in [0.717, 1.165) is 24.7 Å². The first-order valence-electron chi connectivity index (χ1n) is 8.58. The summed E-state index contributed by atoms with van der Waals surface area (Å²) in [7, 11) is -3.76. The fraction of sp³-hybridized carbons (Fsp3) is 0.333. The van der Waals surface area contributed by atoms with Gasteiger partial charge in [-0.25, -0.2) is 8.42 Å². The number of rotatable bonds is 5. The first-order chi connectivity index (χ1) is 12.9. The van der Waals surface area contributed by atoms with E-state index in [2.05, 4.69) is 4.90 Å². The molecule has 1 fully saturated rings. The molecule has 1 heterocycles. The van der Waals surface area contributed by atoms with Gasteiger partial charge in [-0.15, -0.1) is 0 Å². The van der Waals surface area contributed by atoms with E-state index in [4.69, 9.17) is 11.6 Å². The molecule has 27 heavy (non-hydrogen) atoms. The summed E-state index contributed by atoms with van der Waals surface area (Å²) in [4.78, 5) is 12.5. The van der Waals surface area contributed by atoms with Crippen LogP contribution in [-0.4, -0.2) is 48.7 Å². The van der Waals surface area contributed by atoms with Crippen LogP contribution in [-0.2, 0) is 16.6 Å². The minimum atomic E-state index is -3.76. The molecule has 1 aliphatic heterocycles. The average molecular weight is 410 g/mol. The second kappa shape index (κ2) is 8.35. The van der Waals surface area contributed by atoms with Gasteiger partial charge in [-0.05, 0) is 36.7 Å². The van der Waals surface area contributed by atoms with Gasteiger partial charge in [0.2, 0.25) is 10.0 Å². The van der Waals surface area contributed by atoms with E-state index in [0.29, 0.717) is 31.1 Å². The molecule has 0 bridgehead atoms. The molecule has 0 amide bonds. The number of hydrogen-bond donors (Lipinski definition) is 0. The monoisotopic (exact) mass is 409 g/mol. The molecule has 3 rings (SSSR count). The summed E-state index contributed by atoms with van der Waals surface area (Å²) < 4.78 is 27.2. The van der Waals surface area contributed by atoms with Gasteiger partial charge >= 0.3 is 0 Å². The average Bonchev–Trinajstić information content (AvgIpc) is 2.90. The molecule has 1 aliphatic rings. The number of nitro benzene ring substituents is 1. The lowest BCUT2D eigenvalue weighted by Crippen LogP contribution is -2.35. The molecular formula is C18H20ClN3O4S. The van der Waals surface area contributed by atoms with Gasteiger partial charge in [0.1, 0.15) is 0 Å². The second-order valence-electron chi connectivity index (χ2n) is 6.41. The number of halogens is 1. The highest BCUT2D eigenvalue weighted by Gasteiger charge is 2.28. The van der Waals surface area contributed by atoms with Crippen molar-refractivity contribution < 1.29 is 13.3 Å². The molecular weight excluding hydrogens is 390 g/mol. The minimum absolute atomic E-state index is 0.0390. The molecule has 0 radical (unpaired) electrons. The molecule has 2 aromatic carbocycles. The lowest BCUT2D eigenvalue weighted by Gasteiger charge is -2.21. The van der Waals surface area contributed by atoms with E-state index in [9.17, 15) is 18.5 Å². The highest BCUT2D eigenvalue weighted by molar-refractivity contribution is 7.89. The summed E-state index contributed by atoms with van der Waals surface area (Å²) in [6.07, 6.45) is 0.696. The van der Waals surface area contributed by atoms with Crippen LogP contribution in [0.3, 0.4) is 0 Å². The predicted octanol–water partition coefficient (Wildman–Crippen LogP) is 3.14. The second-order valence-corrected chi connectivity index (χ2v) is 8.79. The molecule has 9 heteroatoms. The number of nitrogens with zero attached hydrogens (tertiary/aromatic N) is 3. The van der Waals surface area contributed by atoms with Crippen molar-refractivity contribution in [1.82, 2.24) is 9.21 Å². The summed E-state index contributed by atoms with van der Waals surface area (Å²) in [5.74, 6) is 0. The van der Waals surface area contributed by atoms with Crippen LogP contribution in [0.25, 0.3) is 0 Å². The Morgan fingerprint density at radius 3 is 2.48 bits per heavy atom. The van der Waals surface area contributed by atoms with E-state index in [-0.39, 0.29) is 10.6 Å². The first kappa shape index (κ1) is 19.8. The highest BCUT2D eigenvalue weighted by Crippen LogP contribution is 2.22. The number of hydrogen-bond acceptors (Lipinski definition) is 5. The van der Waals surface area contributed by atoms with Crippen molar-refractivity contribution in [1.29, 1.82) is 0 Å². The Labute approximate surface area is 163 Å². The third-order valence-electron chi connectivity index (χ3n) is 4.53. The summed E-state index contributed by atoms with van der Waals surface area (Å²) in [5.41, 5.74) is 0.893. The zero-order valence-corrected chi connectivity index (χ0v) is 16.2. The summed E-state index contributed by atoms with van der Waals surface area (Å²) in [6.45, 7) is 2.84. The largest absolute Gasteiger partial charge is 0.298 e. The van der Waals surface area contributed by atoms with Gasteiger partial charge in [0.25, 0.3) is 5.69 Å². The lowest BCUT2D eigenvalue weighted by atomic mass is 10.2. The molecule has 0 spiro atoms. The highest BCUT2D eigenvalue weighted by atomic mass is 35.5. The van der Waals surface area contributed by atoms with Crippen molar-refractivity contribution in [2.45, 2.75) is 17.9 Å². The Bertz CT molecular complexity index is 918. The van der Waals surface area contributed by atoms with E-state index in [1.165, 1.54) is 22.5 Å². The topological polar surface area (TPSA) is 83.8 Å². The lowest BCUT2D eigenvalue weighted by molar-refractivity contribution is -0.385. The Morgan fingerprint density at radius 1 is 1.04 bits per heavy atom. The zero-order valence-electron chi connectivity index (χ0n) is 14.6. The number of nitro groups is 1. The molecule has 1 saturated heterocycles. The van der Waals surface area contributed by atoms with E-state index >= 15 is 0 Å². The van der Waals surface area contributed by atoms with Gasteiger partial charge in [-0.2, -0.15) is 4.31 Å². The number of benzene rings is 2. The standard InChI is InChI=1S/C18H20ClN3O4S/c19-16-7-5-15(6-8-16)14-20-9-2-10-21(12-11-20)27(25,26)18-4-1-3-17(13-18)22(23)24/h1,3-8,13H,2,9-12,14H2. The molecule has 0 aliphatic carbocycles. The molecule has 0 atom stereocenters. The van der Waals surface area contributed by atoms with Crippen molar-refractivity contribution in [3.8, 4) is 0 Å². The molecule has 0 aromatic heterocycles. The molecule has 0 N–H and O–H groups in total. The van der Waals surface area contributed by atoms with Gasteiger partial charge in [-0.3, -0.25) is 15.0 Å². The van der Waals surface area contributed by atoms with Crippen LogP contribution >= 0.6 is 11.6 Å². The third kappa shape index (κ3) is 4.84. The van der Waals surface area contributed by atoms with Crippen LogP contribution in [0.1, 0.15) is 12.0 Å². The first-order valence-corrected chi connectivity index (χ1v) is 10.4. The van der Waals surface area contributed by atoms with Crippen LogP contribution in [0.4, 0.5) is 5.69 Å². The zero-order chi connectivity index (χ0) is 19.4. The van der Waals surface area contributed by atoms with E-state index < -0.39 is 14.9 Å². The molecule has 7 nitrogen and oxygen atoms in total. The van der Waals surface area contributed by atoms with E-state index in [1.54, 1.807) is 0 Å². The van der Waals surface area contributed by atoms with Crippen LogP contribution in [0.15, 0.2) is 53.4 Å². The van der Waals surface area contributed by atoms with Crippen molar-refractivity contribution in [2.24, 2.45) is 0 Å². The maximum absolute atomic E-state index is 12.9. The van der Waals surface area contributed by atoms with Crippen LogP contribution in [0.2, 0.25) is 5.02 Å². The van der Waals surface area contributed by atoms with Crippen molar-refractivity contribution in [3.63, 3.8) is 0 Å². The normalized spacial score (nSPS) is 16.8. The smallest absolute Gasteiger partial charge is 0.270 e. The van der Waals surface area contributed by atoms with Crippen molar-refractivity contribution >= 4 is 27.3 Å². The fourth-order valence-corrected chi connectivity index (χ4v) is 4.74. The predicted molar refractivity (Wildman–Crippen MR) is 103 cm³/mol. The fourth-order valence-electron chi connectivity index (χ4n) is 3.10. The van der Waals surface area contributed by atoms with Crippen LogP contribution in [0, 0.1) is 10.1 Å². The van der Waals surface area contributed by atoms with Crippen molar-refractivity contribution in [3.05, 3.63) is 69.2 Å². The Morgan fingerprint density at radius 2 is 1.78 bits per heavy atom. The van der Waals surface area contributed by atoms with Crippen LogP contribution in [0.5, 0.6) is 0 Å². The molecule has 144 valence electrons. The summed E-state index contributed by atoms with van der Waals surface area (Å²) in [5, 5.41) is 11.6. The van der Waals surface area contributed by atoms with Gasteiger partial charge < -0.3 is 0 Å². The van der Waals surface area contributed by atoms with Crippen LogP contribution < -0.4 is 0 Å². The van der Waals surface area contributed by atoms with Gasteiger partial charge in [0.15, 0.2) is 0 Å². The summed E-state index contributed by atoms with van der Waals surface area (Å²) >= 11 is 5.91. The molecule has 2 aromatic rings. The number of non-ortho nitro benzene ring substituents is 1. The quantitative estimate of drug-likeness (QED) is 0.559. The minimum Gasteiger partial charge on any atom is -0.298 e. The Hall–Kier alpha value is -2.00. The van der Waals surface area contributed by atoms with Gasteiger partial charge in [0, 0.05) is 43.3 Å². The third-order valence-corrected chi connectivity index (χ3v) is 6.68. The SMILES string of the molecule is O=[N+]([O-])c1cccc(S(=O)(=O)N2CCCN(Cc3ccc(Cl)cc3)CC2)c1. The summed E-state index contributed by atoms with van der Waals surface area (Å²) in [6, 6.07) is 12.8. The number of sulfonamides is 1. The van der Waals surface area contributed by atoms with E-state index in [1.807, 2.05) is 24.3 Å². The Balaban J connectivity index is 1.70.